The van der Waals surface area contributed by atoms with Gasteiger partial charge in [-0.25, -0.2) is 4.98 Å². The van der Waals surface area contributed by atoms with E-state index in [0.717, 1.165) is 5.39 Å². The Balaban J connectivity index is 0.00000180. The molecule has 2 N–H and O–H groups in total. The second-order valence-electron chi connectivity index (χ2n) is 8.82. The van der Waals surface area contributed by atoms with Crippen LogP contribution < -0.4 is 10.5 Å². The molecule has 1 unspecified atom stereocenters. The first-order chi connectivity index (χ1) is 16.2. The molecule has 1 fully saturated rings. The number of halogens is 5. The fraction of sp³-hybridized carbons (Fsp3) is 0.375. The number of nitrogens with zero attached hydrogens (tertiary/aromatic N) is 5. The Bertz CT molecular complexity index is 1360. The Morgan fingerprint density at radius 1 is 1.11 bits per heavy atom. The zero-order chi connectivity index (χ0) is 24.1. The van der Waals surface area contributed by atoms with Crippen molar-refractivity contribution in [3.8, 4) is 17.3 Å². The van der Waals surface area contributed by atoms with Gasteiger partial charge in [0.05, 0.1) is 7.11 Å². The minimum Gasteiger partial charge on any atom is -0.494 e. The Morgan fingerprint density at radius 2 is 1.89 bits per heavy atom. The lowest BCUT2D eigenvalue weighted by atomic mass is 9.97. The van der Waals surface area contributed by atoms with Crippen molar-refractivity contribution in [3.05, 3.63) is 54.2 Å². The zero-order valence-electron chi connectivity index (χ0n) is 19.7. The summed E-state index contributed by atoms with van der Waals surface area (Å²) in [5.74, 6) is 0.954. The third-order valence-corrected chi connectivity index (χ3v) is 6.67. The maximum absolute atomic E-state index is 14.3. The van der Waals surface area contributed by atoms with E-state index in [1.165, 1.54) is 17.2 Å². The molecule has 2 atom stereocenters. The van der Waals surface area contributed by atoms with Gasteiger partial charge in [-0.2, -0.15) is 13.2 Å². The third-order valence-electron chi connectivity index (χ3n) is 6.67. The lowest BCUT2D eigenvalue weighted by Crippen LogP contribution is -2.44. The number of methoxy groups -OCH3 is 1. The van der Waals surface area contributed by atoms with Crippen LogP contribution in [0.25, 0.3) is 28.1 Å². The second-order valence-corrected chi connectivity index (χ2v) is 8.82. The molecule has 7 nitrogen and oxygen atoms in total. The zero-order valence-corrected chi connectivity index (χ0v) is 21.3. The summed E-state index contributed by atoms with van der Waals surface area (Å²) in [6, 6.07) is 10.5. The average Bonchev–Trinajstić information content (AvgIpc) is 3.41. The largest absolute Gasteiger partial charge is 0.494 e. The number of benzene rings is 1. The van der Waals surface area contributed by atoms with Gasteiger partial charge in [-0.15, -0.1) is 35.0 Å². The Morgan fingerprint density at radius 3 is 2.56 bits per heavy atom. The van der Waals surface area contributed by atoms with E-state index in [1.807, 2.05) is 25.1 Å². The summed E-state index contributed by atoms with van der Waals surface area (Å²) in [5.41, 5.74) is 7.36. The van der Waals surface area contributed by atoms with E-state index in [0.29, 0.717) is 41.3 Å². The third kappa shape index (κ3) is 4.95. The monoisotopic (exact) mass is 542 g/mol. The van der Waals surface area contributed by atoms with Crippen molar-refractivity contribution in [1.82, 2.24) is 24.5 Å². The maximum atomic E-state index is 14.3. The Hall–Kier alpha value is -2.66. The highest BCUT2D eigenvalue weighted by molar-refractivity contribution is 5.86. The summed E-state index contributed by atoms with van der Waals surface area (Å²) < 4.78 is 49.8. The molecule has 1 aliphatic heterocycles. The van der Waals surface area contributed by atoms with Crippen molar-refractivity contribution < 1.29 is 17.9 Å². The van der Waals surface area contributed by atoms with Gasteiger partial charge >= 0.3 is 6.18 Å². The number of aromatic nitrogens is 4. The van der Waals surface area contributed by atoms with Crippen LogP contribution in [0, 0.1) is 0 Å². The van der Waals surface area contributed by atoms with E-state index >= 15 is 0 Å². The topological polar surface area (TPSA) is 81.6 Å². The molecule has 0 amide bonds. The molecule has 12 heteroatoms. The van der Waals surface area contributed by atoms with Crippen molar-refractivity contribution >= 4 is 41.4 Å². The summed E-state index contributed by atoms with van der Waals surface area (Å²) in [4.78, 5) is 6.10. The molecule has 0 saturated carbocycles. The van der Waals surface area contributed by atoms with Gasteiger partial charge in [-0.3, -0.25) is 9.30 Å². The smallest absolute Gasteiger partial charge is 0.408 e. The molecule has 1 aliphatic rings. The van der Waals surface area contributed by atoms with Gasteiger partial charge in [-0.1, -0.05) is 31.2 Å². The molecule has 0 radical (unpaired) electrons. The van der Waals surface area contributed by atoms with Gasteiger partial charge in [-0.05, 0) is 36.6 Å². The van der Waals surface area contributed by atoms with Gasteiger partial charge in [0, 0.05) is 30.2 Å². The van der Waals surface area contributed by atoms with Crippen molar-refractivity contribution in [1.29, 1.82) is 0 Å². The van der Waals surface area contributed by atoms with E-state index in [1.54, 1.807) is 29.7 Å². The fourth-order valence-electron chi connectivity index (χ4n) is 4.70. The number of hydrogen-bond acceptors (Lipinski definition) is 6. The van der Waals surface area contributed by atoms with Crippen LogP contribution in [0.15, 0.2) is 48.7 Å². The maximum Gasteiger partial charge on any atom is 0.408 e. The number of nitrogens with two attached hydrogens (primary N) is 1. The molecule has 5 rings (SSSR count). The first-order valence-corrected chi connectivity index (χ1v) is 11.1. The summed E-state index contributed by atoms with van der Waals surface area (Å²) in [6.07, 6.45) is -1.85. The number of rotatable bonds is 5. The normalized spacial score (nSPS) is 19.2. The molecule has 0 aliphatic carbocycles. The Labute approximate surface area is 218 Å². The molecular formula is C24H27Cl2F3N6O. The van der Waals surface area contributed by atoms with Crippen LogP contribution in [-0.4, -0.2) is 56.4 Å². The van der Waals surface area contributed by atoms with E-state index < -0.39 is 17.8 Å². The summed E-state index contributed by atoms with van der Waals surface area (Å²) >= 11 is 0. The van der Waals surface area contributed by atoms with Crippen molar-refractivity contribution in [2.24, 2.45) is 5.73 Å². The van der Waals surface area contributed by atoms with Crippen LogP contribution in [-0.2, 0) is 0 Å². The molecule has 1 saturated heterocycles. The van der Waals surface area contributed by atoms with Gasteiger partial charge in [0.2, 0.25) is 0 Å². The van der Waals surface area contributed by atoms with Gasteiger partial charge in [0.15, 0.2) is 11.5 Å². The summed E-state index contributed by atoms with van der Waals surface area (Å²) in [6.45, 7) is 2.38. The van der Waals surface area contributed by atoms with Gasteiger partial charge < -0.3 is 10.5 Å². The number of fused-ring (bicyclic) bond motifs is 2. The van der Waals surface area contributed by atoms with E-state index in [4.69, 9.17) is 10.5 Å². The first-order valence-electron chi connectivity index (χ1n) is 11.1. The molecule has 3 aromatic heterocycles. The van der Waals surface area contributed by atoms with Crippen LogP contribution in [0.4, 0.5) is 13.2 Å². The quantitative estimate of drug-likeness (QED) is 0.372. The molecule has 4 aromatic rings. The van der Waals surface area contributed by atoms with Crippen LogP contribution in [0.3, 0.4) is 0 Å². The van der Waals surface area contributed by atoms with Crippen molar-refractivity contribution in [2.45, 2.75) is 37.5 Å². The number of hydrogen-bond donors (Lipinski definition) is 1. The SMILES string of the molecule is CCC1(N)CCN([C@H](c2ccc3nnc(-c4ccc5cccc(OC)c5n4)n3c2)C(F)(F)F)C1.Cl.Cl. The number of pyridine rings is 2. The molecular weight excluding hydrogens is 516 g/mol. The molecule has 36 heavy (non-hydrogen) atoms. The van der Waals surface area contributed by atoms with Crippen molar-refractivity contribution in [2.75, 3.05) is 20.2 Å². The highest BCUT2D eigenvalue weighted by atomic mass is 35.5. The van der Waals surface area contributed by atoms with Crippen LogP contribution in [0.5, 0.6) is 5.75 Å². The predicted octanol–water partition coefficient (Wildman–Crippen LogP) is 5.21. The fourth-order valence-corrected chi connectivity index (χ4v) is 4.70. The number of ether oxygens (including phenoxy) is 1. The summed E-state index contributed by atoms with van der Waals surface area (Å²) in [5, 5.41) is 9.24. The summed E-state index contributed by atoms with van der Waals surface area (Å²) in [7, 11) is 1.56. The highest BCUT2D eigenvalue weighted by Crippen LogP contribution is 2.41. The molecule has 1 aromatic carbocycles. The molecule has 194 valence electrons. The van der Waals surface area contributed by atoms with E-state index in [-0.39, 0.29) is 43.5 Å². The molecule has 4 heterocycles. The van der Waals surface area contributed by atoms with Gasteiger partial charge in [0.25, 0.3) is 0 Å². The number of para-hydroxylation sites is 1. The number of likely N-dealkylation sites (tertiary alicyclic amines) is 1. The minimum absolute atomic E-state index is 0. The highest BCUT2D eigenvalue weighted by Gasteiger charge is 2.49. The van der Waals surface area contributed by atoms with E-state index in [2.05, 4.69) is 15.2 Å². The predicted molar refractivity (Wildman–Crippen MR) is 137 cm³/mol. The molecule has 0 bridgehead atoms. The lowest BCUT2D eigenvalue weighted by molar-refractivity contribution is -0.184. The molecule has 0 spiro atoms. The first kappa shape index (κ1) is 27.9. The van der Waals surface area contributed by atoms with Crippen LogP contribution >= 0.6 is 24.8 Å². The lowest BCUT2D eigenvalue weighted by Gasteiger charge is -2.31. The van der Waals surface area contributed by atoms with Gasteiger partial charge in [0.1, 0.15) is 23.0 Å². The van der Waals surface area contributed by atoms with Crippen LogP contribution in [0.2, 0.25) is 0 Å². The van der Waals surface area contributed by atoms with E-state index in [9.17, 15) is 13.2 Å². The Kier molecular flexibility index (Phi) is 8.04. The second kappa shape index (κ2) is 10.4. The van der Waals surface area contributed by atoms with Crippen LogP contribution in [0.1, 0.15) is 31.4 Å². The minimum atomic E-state index is -4.46. The average molecular weight is 543 g/mol. The van der Waals surface area contributed by atoms with Crippen molar-refractivity contribution in [3.63, 3.8) is 0 Å². The standard InChI is InChI=1S/C24H25F3N6O.2ClH/c1-3-23(28)11-12-32(14-23)21(24(25,26)27)16-8-10-19-30-31-22(33(19)13-16)17-9-7-15-5-4-6-18(34-2)20(15)29-17;;/h4-10,13,21H,3,11-12,14,28H2,1-2H3;2*1H/t21-,23?;;/m1../s1. The number of alkyl halides is 3.